The first kappa shape index (κ1) is 57.1. The van der Waals surface area contributed by atoms with E-state index in [-0.39, 0.29) is 31.1 Å². The predicted octanol–water partition coefficient (Wildman–Crippen LogP) is 17.0. The lowest BCUT2D eigenvalue weighted by Gasteiger charge is -2.18. The molecule has 0 heterocycles. The summed E-state index contributed by atoms with van der Waals surface area (Å²) >= 11 is 0. The van der Waals surface area contributed by atoms with Gasteiger partial charge in [-0.1, -0.05) is 238 Å². The van der Waals surface area contributed by atoms with E-state index in [1.54, 1.807) is 0 Å². The van der Waals surface area contributed by atoms with Crippen LogP contribution in [0.15, 0.2) is 12.2 Å². The average Bonchev–Trinajstić information content (AvgIpc) is 3.23. The quantitative estimate of drug-likeness (QED) is 0.0263. The predicted molar refractivity (Wildman–Crippen MR) is 252 cm³/mol. The normalized spacial score (nSPS) is 12.0. The molecule has 59 heavy (non-hydrogen) atoms. The molecule has 0 saturated carbocycles. The van der Waals surface area contributed by atoms with Crippen molar-refractivity contribution in [1.29, 1.82) is 0 Å². The molecule has 0 N–H and O–H groups in total. The summed E-state index contributed by atoms with van der Waals surface area (Å²) in [7, 11) is 0. The van der Waals surface area contributed by atoms with Gasteiger partial charge in [0, 0.05) is 19.3 Å². The zero-order valence-corrected chi connectivity index (χ0v) is 39.8. The smallest absolute Gasteiger partial charge is 0.306 e. The number of unbranched alkanes of at least 4 members (excludes halogenated alkanes) is 35. The van der Waals surface area contributed by atoms with Crippen LogP contribution in [-0.4, -0.2) is 37.2 Å². The molecule has 0 amide bonds. The summed E-state index contributed by atoms with van der Waals surface area (Å²) in [5, 5.41) is 0. The Hall–Kier alpha value is -1.85. The summed E-state index contributed by atoms with van der Waals surface area (Å²) in [5.41, 5.74) is 0. The number of allylic oxidation sites excluding steroid dienone is 2. The van der Waals surface area contributed by atoms with Crippen molar-refractivity contribution < 1.29 is 28.6 Å². The van der Waals surface area contributed by atoms with Crippen LogP contribution in [0.25, 0.3) is 0 Å². The van der Waals surface area contributed by atoms with Gasteiger partial charge in [0.1, 0.15) is 13.2 Å². The van der Waals surface area contributed by atoms with Crippen molar-refractivity contribution in [3.05, 3.63) is 12.2 Å². The van der Waals surface area contributed by atoms with Crippen molar-refractivity contribution in [2.24, 2.45) is 0 Å². The van der Waals surface area contributed by atoms with Gasteiger partial charge in [-0.15, -0.1) is 0 Å². The number of esters is 3. The molecule has 0 aromatic rings. The van der Waals surface area contributed by atoms with E-state index in [1.165, 1.54) is 186 Å². The molecular weight excluding hydrogens is 733 g/mol. The van der Waals surface area contributed by atoms with Crippen LogP contribution in [0.2, 0.25) is 0 Å². The molecule has 0 saturated heterocycles. The lowest BCUT2D eigenvalue weighted by atomic mass is 10.0. The van der Waals surface area contributed by atoms with Gasteiger partial charge in [-0.25, -0.2) is 0 Å². The summed E-state index contributed by atoms with van der Waals surface area (Å²) in [4.78, 5) is 37.9. The highest BCUT2D eigenvalue weighted by molar-refractivity contribution is 5.71. The zero-order valence-electron chi connectivity index (χ0n) is 39.8. The standard InChI is InChI=1S/C53H100O6/c1-4-7-10-13-16-19-22-24-25-26-27-28-29-32-34-37-40-43-46-52(55)58-49-50(48-57-51(54)45-42-39-36-33-30-21-18-15-12-9-6-3)59-53(56)47-44-41-38-35-31-23-20-17-14-11-8-5-2/h27-28,50H,4-26,29-49H2,1-3H3/b28-27-. The van der Waals surface area contributed by atoms with Crippen LogP contribution in [0.1, 0.15) is 290 Å². The maximum atomic E-state index is 12.8. The molecule has 6 heteroatoms. The molecule has 0 bridgehead atoms. The first-order valence-corrected chi connectivity index (χ1v) is 26.2. The highest BCUT2D eigenvalue weighted by atomic mass is 16.6. The van der Waals surface area contributed by atoms with Crippen molar-refractivity contribution in [2.75, 3.05) is 13.2 Å². The van der Waals surface area contributed by atoms with Crippen LogP contribution in [0.5, 0.6) is 0 Å². The van der Waals surface area contributed by atoms with E-state index in [0.29, 0.717) is 19.3 Å². The third-order valence-electron chi connectivity index (χ3n) is 11.8. The van der Waals surface area contributed by atoms with Crippen molar-refractivity contribution in [2.45, 2.75) is 297 Å². The highest BCUT2D eigenvalue weighted by Crippen LogP contribution is 2.16. The molecule has 6 nitrogen and oxygen atoms in total. The minimum absolute atomic E-state index is 0.0675. The zero-order chi connectivity index (χ0) is 43.0. The summed E-state index contributed by atoms with van der Waals surface area (Å²) in [6, 6.07) is 0. The Morgan fingerprint density at radius 2 is 0.559 bits per heavy atom. The fourth-order valence-electron chi connectivity index (χ4n) is 7.79. The van der Waals surface area contributed by atoms with Gasteiger partial charge >= 0.3 is 17.9 Å². The van der Waals surface area contributed by atoms with Crippen molar-refractivity contribution >= 4 is 17.9 Å². The Balaban J connectivity index is 4.29. The number of hydrogen-bond donors (Lipinski definition) is 0. The van der Waals surface area contributed by atoms with Gasteiger partial charge in [-0.2, -0.15) is 0 Å². The van der Waals surface area contributed by atoms with Gasteiger partial charge in [-0.05, 0) is 44.9 Å². The first-order chi connectivity index (χ1) is 29.0. The largest absolute Gasteiger partial charge is 0.462 e. The molecule has 0 radical (unpaired) electrons. The number of carbonyl (C=O) groups is 3. The molecule has 0 spiro atoms. The van der Waals surface area contributed by atoms with Gasteiger partial charge in [0.05, 0.1) is 0 Å². The van der Waals surface area contributed by atoms with Crippen LogP contribution < -0.4 is 0 Å². The molecule has 0 fully saturated rings. The van der Waals surface area contributed by atoms with Crippen molar-refractivity contribution in [3.8, 4) is 0 Å². The first-order valence-electron chi connectivity index (χ1n) is 26.2. The lowest BCUT2D eigenvalue weighted by molar-refractivity contribution is -0.167. The molecular formula is C53H100O6. The second kappa shape index (κ2) is 48.8. The van der Waals surface area contributed by atoms with Gasteiger partial charge < -0.3 is 14.2 Å². The second-order valence-corrected chi connectivity index (χ2v) is 17.8. The van der Waals surface area contributed by atoms with Gasteiger partial charge in [0.15, 0.2) is 6.10 Å². The van der Waals surface area contributed by atoms with E-state index in [9.17, 15) is 14.4 Å². The molecule has 1 atom stereocenters. The fraction of sp³-hybridized carbons (Fsp3) is 0.906. The fourth-order valence-corrected chi connectivity index (χ4v) is 7.79. The lowest BCUT2D eigenvalue weighted by Crippen LogP contribution is -2.30. The number of hydrogen-bond acceptors (Lipinski definition) is 6. The maximum absolute atomic E-state index is 12.8. The number of carbonyl (C=O) groups excluding carboxylic acids is 3. The summed E-state index contributed by atoms with van der Waals surface area (Å²) < 4.78 is 16.8. The Morgan fingerprint density at radius 1 is 0.322 bits per heavy atom. The van der Waals surface area contributed by atoms with Gasteiger partial charge in [0.2, 0.25) is 0 Å². The molecule has 0 aliphatic carbocycles. The maximum Gasteiger partial charge on any atom is 0.306 e. The Morgan fingerprint density at radius 3 is 0.847 bits per heavy atom. The minimum Gasteiger partial charge on any atom is -0.462 e. The molecule has 348 valence electrons. The molecule has 0 aromatic carbocycles. The van der Waals surface area contributed by atoms with Crippen LogP contribution in [-0.2, 0) is 28.6 Å². The van der Waals surface area contributed by atoms with E-state index in [4.69, 9.17) is 14.2 Å². The van der Waals surface area contributed by atoms with Gasteiger partial charge in [-0.3, -0.25) is 14.4 Å². The SMILES string of the molecule is CCCCCCCCCCC/C=C\CCCCCCCC(=O)OCC(COC(=O)CCCCCCCCCCCCC)OC(=O)CCCCCCCCCCCCCC. The third kappa shape index (κ3) is 47.1. The number of rotatable bonds is 48. The summed E-state index contributed by atoms with van der Waals surface area (Å²) in [6.45, 7) is 6.65. The molecule has 0 aliphatic rings. The summed E-state index contributed by atoms with van der Waals surface area (Å²) in [5.74, 6) is -0.861. The topological polar surface area (TPSA) is 78.9 Å². The van der Waals surface area contributed by atoms with Gasteiger partial charge in [0.25, 0.3) is 0 Å². The van der Waals surface area contributed by atoms with Crippen LogP contribution in [0.4, 0.5) is 0 Å². The molecule has 1 unspecified atom stereocenters. The molecule has 0 aromatic heterocycles. The Bertz CT molecular complexity index is 916. The van der Waals surface area contributed by atoms with Crippen LogP contribution >= 0.6 is 0 Å². The monoisotopic (exact) mass is 833 g/mol. The molecule has 0 aliphatic heterocycles. The van der Waals surface area contributed by atoms with E-state index in [2.05, 4.69) is 32.9 Å². The Kier molecular flexibility index (Phi) is 47.3. The second-order valence-electron chi connectivity index (χ2n) is 17.8. The minimum atomic E-state index is -0.765. The average molecular weight is 833 g/mol. The Labute approximate surface area is 367 Å². The molecule has 0 rings (SSSR count). The van der Waals surface area contributed by atoms with E-state index >= 15 is 0 Å². The third-order valence-corrected chi connectivity index (χ3v) is 11.8. The van der Waals surface area contributed by atoms with E-state index < -0.39 is 6.10 Å². The van der Waals surface area contributed by atoms with E-state index in [1.807, 2.05) is 0 Å². The summed E-state index contributed by atoms with van der Waals surface area (Å²) in [6.07, 6.45) is 53.4. The van der Waals surface area contributed by atoms with Crippen molar-refractivity contribution in [3.63, 3.8) is 0 Å². The van der Waals surface area contributed by atoms with Crippen LogP contribution in [0.3, 0.4) is 0 Å². The van der Waals surface area contributed by atoms with Crippen LogP contribution in [0, 0.1) is 0 Å². The highest BCUT2D eigenvalue weighted by Gasteiger charge is 2.19. The van der Waals surface area contributed by atoms with Crippen molar-refractivity contribution in [1.82, 2.24) is 0 Å². The number of ether oxygens (including phenoxy) is 3. The van der Waals surface area contributed by atoms with E-state index in [0.717, 1.165) is 64.2 Å².